The first-order valence-electron chi connectivity index (χ1n) is 8.04. The lowest BCUT2D eigenvalue weighted by Gasteiger charge is -2.39. The molecule has 0 aromatic carbocycles. The fraction of sp³-hybridized carbons (Fsp3) is 0.588. The quantitative estimate of drug-likeness (QED) is 0.863. The van der Waals surface area contributed by atoms with Crippen LogP contribution >= 0.6 is 0 Å². The average molecular weight is 316 g/mol. The van der Waals surface area contributed by atoms with Crippen molar-refractivity contribution in [1.29, 1.82) is 0 Å². The molecule has 0 unspecified atom stereocenters. The molecule has 0 aliphatic carbocycles. The topological polar surface area (TPSA) is 64.2 Å². The molecule has 1 aliphatic heterocycles. The smallest absolute Gasteiger partial charge is 0.266 e. The van der Waals surface area contributed by atoms with E-state index in [0.29, 0.717) is 12.5 Å². The number of likely N-dealkylation sites (tertiary alicyclic amines) is 1. The molecule has 2 aromatic rings. The van der Waals surface area contributed by atoms with Crippen molar-refractivity contribution in [1.82, 2.24) is 19.8 Å². The second-order valence-electron chi connectivity index (χ2n) is 7.46. The zero-order valence-corrected chi connectivity index (χ0v) is 14.2. The van der Waals surface area contributed by atoms with Crippen LogP contribution in [0.2, 0.25) is 0 Å². The zero-order chi connectivity index (χ0) is 16.6. The second-order valence-corrected chi connectivity index (χ2v) is 7.46. The van der Waals surface area contributed by atoms with Gasteiger partial charge in [-0.2, -0.15) is 5.10 Å². The third kappa shape index (κ3) is 3.52. The number of aromatic nitrogens is 3. The summed E-state index contributed by atoms with van der Waals surface area (Å²) in [6, 6.07) is 3.46. The minimum atomic E-state index is -0.0487. The van der Waals surface area contributed by atoms with Crippen LogP contribution in [0.5, 0.6) is 0 Å². The van der Waals surface area contributed by atoms with E-state index >= 15 is 0 Å². The molecule has 1 fully saturated rings. The van der Waals surface area contributed by atoms with Crippen molar-refractivity contribution < 1.29 is 4.52 Å². The van der Waals surface area contributed by atoms with Crippen LogP contribution in [0.4, 0.5) is 0 Å². The largest absolute Gasteiger partial charge is 0.361 e. The number of rotatable bonds is 4. The Hall–Kier alpha value is -1.95. The molecular weight excluding hydrogens is 292 g/mol. The van der Waals surface area contributed by atoms with Gasteiger partial charge in [-0.15, -0.1) is 0 Å². The summed E-state index contributed by atoms with van der Waals surface area (Å²) in [6.45, 7) is 11.7. The summed E-state index contributed by atoms with van der Waals surface area (Å²) in [5.74, 6) is 1.35. The third-order valence-corrected chi connectivity index (χ3v) is 4.34. The zero-order valence-electron chi connectivity index (χ0n) is 14.2. The van der Waals surface area contributed by atoms with E-state index < -0.39 is 0 Å². The summed E-state index contributed by atoms with van der Waals surface area (Å²) in [4.78, 5) is 14.4. The molecule has 6 nitrogen and oxygen atoms in total. The van der Waals surface area contributed by atoms with Crippen LogP contribution in [0.1, 0.15) is 37.8 Å². The van der Waals surface area contributed by atoms with Gasteiger partial charge in [-0.1, -0.05) is 25.9 Å². The van der Waals surface area contributed by atoms with Gasteiger partial charge < -0.3 is 4.52 Å². The van der Waals surface area contributed by atoms with Crippen molar-refractivity contribution in [2.24, 2.45) is 5.92 Å². The standard InChI is InChI=1S/C17H24N4O2/c1-12-14(7-18-23-12)11-20-8-13(9-20)10-21-16(22)6-5-15(19-21)17(2,3)4/h5-7,13H,8-11H2,1-4H3. The highest BCUT2D eigenvalue weighted by molar-refractivity contribution is 5.12. The molecule has 0 amide bonds. The van der Waals surface area contributed by atoms with Crippen molar-refractivity contribution in [3.8, 4) is 0 Å². The first kappa shape index (κ1) is 15.9. The van der Waals surface area contributed by atoms with E-state index in [9.17, 15) is 4.79 Å². The number of nitrogens with zero attached hydrogens (tertiary/aromatic N) is 4. The first-order valence-corrected chi connectivity index (χ1v) is 8.04. The van der Waals surface area contributed by atoms with E-state index in [1.165, 1.54) is 0 Å². The SMILES string of the molecule is Cc1oncc1CN1CC(Cn2nc(C(C)(C)C)ccc2=O)C1. The molecule has 23 heavy (non-hydrogen) atoms. The normalized spacial score (nSPS) is 16.5. The summed E-state index contributed by atoms with van der Waals surface area (Å²) in [5, 5.41) is 8.35. The maximum absolute atomic E-state index is 12.0. The molecule has 3 heterocycles. The Kier molecular flexibility index (Phi) is 4.10. The van der Waals surface area contributed by atoms with Gasteiger partial charge in [-0.25, -0.2) is 4.68 Å². The van der Waals surface area contributed by atoms with E-state index in [4.69, 9.17) is 4.52 Å². The number of hydrogen-bond donors (Lipinski definition) is 0. The number of hydrogen-bond acceptors (Lipinski definition) is 5. The fourth-order valence-electron chi connectivity index (χ4n) is 2.86. The van der Waals surface area contributed by atoms with Crippen molar-refractivity contribution in [3.05, 3.63) is 45.7 Å². The van der Waals surface area contributed by atoms with Crippen molar-refractivity contribution in [2.45, 2.75) is 46.2 Å². The lowest BCUT2D eigenvalue weighted by molar-refractivity contribution is 0.0759. The van der Waals surface area contributed by atoms with Gasteiger partial charge in [0, 0.05) is 42.6 Å². The minimum absolute atomic E-state index is 0.0219. The summed E-state index contributed by atoms with van der Waals surface area (Å²) in [7, 11) is 0. The van der Waals surface area contributed by atoms with Crippen LogP contribution in [0.25, 0.3) is 0 Å². The first-order chi connectivity index (χ1) is 10.8. The van der Waals surface area contributed by atoms with Gasteiger partial charge in [0.15, 0.2) is 0 Å². The third-order valence-electron chi connectivity index (χ3n) is 4.34. The summed E-state index contributed by atoms with van der Waals surface area (Å²) in [5.41, 5.74) is 2.01. The van der Waals surface area contributed by atoms with Gasteiger partial charge in [-0.3, -0.25) is 9.69 Å². The molecule has 6 heteroatoms. The molecule has 1 aliphatic rings. The molecule has 3 rings (SSSR count). The number of aryl methyl sites for hydroxylation is 1. The van der Waals surface area contributed by atoms with Gasteiger partial charge in [-0.05, 0) is 13.0 Å². The molecule has 2 aromatic heterocycles. The predicted molar refractivity (Wildman–Crippen MR) is 87.2 cm³/mol. The van der Waals surface area contributed by atoms with E-state index in [1.54, 1.807) is 16.9 Å². The molecule has 0 bridgehead atoms. The monoisotopic (exact) mass is 316 g/mol. The second kappa shape index (κ2) is 5.92. The summed E-state index contributed by atoms with van der Waals surface area (Å²) < 4.78 is 6.70. The minimum Gasteiger partial charge on any atom is -0.361 e. The lowest BCUT2D eigenvalue weighted by atomic mass is 9.92. The van der Waals surface area contributed by atoms with Gasteiger partial charge in [0.1, 0.15) is 5.76 Å². The van der Waals surface area contributed by atoms with Crippen LogP contribution in [-0.2, 0) is 18.5 Å². The van der Waals surface area contributed by atoms with Crippen molar-refractivity contribution in [3.63, 3.8) is 0 Å². The van der Waals surface area contributed by atoms with Crippen molar-refractivity contribution >= 4 is 0 Å². The Morgan fingerprint density at radius 3 is 2.65 bits per heavy atom. The molecule has 0 N–H and O–H groups in total. The Morgan fingerprint density at radius 2 is 2.04 bits per heavy atom. The Bertz CT molecular complexity index is 736. The molecule has 0 atom stereocenters. The highest BCUT2D eigenvalue weighted by Crippen LogP contribution is 2.22. The molecule has 0 radical (unpaired) electrons. The van der Waals surface area contributed by atoms with Crippen LogP contribution < -0.4 is 5.56 Å². The predicted octanol–water partition coefficient (Wildman–Crippen LogP) is 1.97. The van der Waals surface area contributed by atoms with Gasteiger partial charge in [0.2, 0.25) is 0 Å². The van der Waals surface area contributed by atoms with E-state index in [2.05, 4.69) is 35.9 Å². The molecule has 1 saturated heterocycles. The lowest BCUT2D eigenvalue weighted by Crippen LogP contribution is -2.49. The molecule has 0 spiro atoms. The maximum Gasteiger partial charge on any atom is 0.266 e. The van der Waals surface area contributed by atoms with Crippen LogP contribution in [0.3, 0.4) is 0 Å². The van der Waals surface area contributed by atoms with Gasteiger partial charge in [0.25, 0.3) is 5.56 Å². The van der Waals surface area contributed by atoms with Crippen LogP contribution in [0.15, 0.2) is 27.6 Å². The Morgan fingerprint density at radius 1 is 1.30 bits per heavy atom. The molecule has 0 saturated carbocycles. The van der Waals surface area contributed by atoms with Crippen molar-refractivity contribution in [2.75, 3.05) is 13.1 Å². The Labute approximate surface area is 136 Å². The van der Waals surface area contributed by atoms with E-state index in [0.717, 1.165) is 36.7 Å². The highest BCUT2D eigenvalue weighted by Gasteiger charge is 2.28. The maximum atomic E-state index is 12.0. The Balaban J connectivity index is 1.60. The summed E-state index contributed by atoms with van der Waals surface area (Å²) >= 11 is 0. The fourth-order valence-corrected chi connectivity index (χ4v) is 2.86. The van der Waals surface area contributed by atoms with Crippen LogP contribution in [-0.4, -0.2) is 32.9 Å². The molecular formula is C17H24N4O2. The highest BCUT2D eigenvalue weighted by atomic mass is 16.5. The van der Waals surface area contributed by atoms with Crippen LogP contribution in [0, 0.1) is 12.8 Å². The van der Waals surface area contributed by atoms with E-state index in [-0.39, 0.29) is 11.0 Å². The van der Waals surface area contributed by atoms with Gasteiger partial charge >= 0.3 is 0 Å². The van der Waals surface area contributed by atoms with E-state index in [1.807, 2.05) is 13.0 Å². The average Bonchev–Trinajstić information content (AvgIpc) is 2.82. The molecule has 124 valence electrons. The summed E-state index contributed by atoms with van der Waals surface area (Å²) in [6.07, 6.45) is 1.78. The van der Waals surface area contributed by atoms with Gasteiger partial charge in [0.05, 0.1) is 18.4 Å².